The Bertz CT molecular complexity index is 854. The minimum absolute atomic E-state index is 0.149. The van der Waals surface area contributed by atoms with Gasteiger partial charge in [-0.1, -0.05) is 17.7 Å². The molecule has 27 heavy (non-hydrogen) atoms. The zero-order chi connectivity index (χ0) is 19.6. The average molecular weight is 389 g/mol. The van der Waals surface area contributed by atoms with E-state index in [4.69, 9.17) is 21.1 Å². The lowest BCUT2D eigenvalue weighted by molar-refractivity contribution is -0.116. The molecule has 2 aromatic rings. The number of nitrogens with one attached hydrogen (secondary N) is 2. The Labute approximate surface area is 165 Å². The number of carbonyl (C=O) groups is 1. The van der Waals surface area contributed by atoms with Crippen molar-refractivity contribution in [3.05, 3.63) is 46.5 Å². The Hall–Kier alpha value is -2.40. The van der Waals surface area contributed by atoms with Crippen molar-refractivity contribution in [2.75, 3.05) is 17.2 Å². The minimum Gasteiger partial charge on any atom is -0.492 e. The molecule has 5 nitrogen and oxygen atoms in total. The van der Waals surface area contributed by atoms with Gasteiger partial charge >= 0.3 is 0 Å². The molecule has 0 spiro atoms. The summed E-state index contributed by atoms with van der Waals surface area (Å²) >= 11 is 6.03. The number of aryl methyl sites for hydroxylation is 1. The maximum Gasteiger partial charge on any atom is 0.246 e. The summed E-state index contributed by atoms with van der Waals surface area (Å²) in [5.41, 5.74) is 3.53. The summed E-state index contributed by atoms with van der Waals surface area (Å²) in [6, 6.07) is 8.86. The molecule has 1 aliphatic rings. The highest BCUT2D eigenvalue weighted by molar-refractivity contribution is 6.31. The van der Waals surface area contributed by atoms with E-state index < -0.39 is 6.04 Å². The second-order valence-electron chi connectivity index (χ2n) is 6.84. The van der Waals surface area contributed by atoms with E-state index in [0.717, 1.165) is 34.7 Å². The standard InChI is InChI=1S/C21H25ClN2O3/c1-5-26-20-9-15-8-13(3)27-19(15)11-18(20)23-14(4)21(25)24-17-10-16(22)7-6-12(17)2/h6-7,9-11,13-14,23H,5,8H2,1-4H3,(H,24,25)/t13-,14+/m1/s1. The zero-order valence-electron chi connectivity index (χ0n) is 16.1. The van der Waals surface area contributed by atoms with Gasteiger partial charge in [-0.25, -0.2) is 0 Å². The molecule has 3 rings (SSSR count). The summed E-state index contributed by atoms with van der Waals surface area (Å²) in [7, 11) is 0. The molecule has 0 radical (unpaired) electrons. The molecule has 0 fully saturated rings. The Kier molecular flexibility index (Phi) is 5.80. The molecule has 0 aromatic heterocycles. The van der Waals surface area contributed by atoms with E-state index in [1.165, 1.54) is 0 Å². The van der Waals surface area contributed by atoms with Crippen LogP contribution in [0.25, 0.3) is 0 Å². The molecule has 1 heterocycles. The first-order valence-electron chi connectivity index (χ1n) is 9.17. The van der Waals surface area contributed by atoms with Crippen LogP contribution in [0, 0.1) is 6.92 Å². The first kappa shape index (κ1) is 19.4. The number of fused-ring (bicyclic) bond motifs is 1. The van der Waals surface area contributed by atoms with Gasteiger partial charge in [0.1, 0.15) is 23.6 Å². The van der Waals surface area contributed by atoms with E-state index in [2.05, 4.69) is 10.6 Å². The van der Waals surface area contributed by atoms with Crippen molar-refractivity contribution >= 4 is 28.9 Å². The van der Waals surface area contributed by atoms with Crippen LogP contribution in [0.2, 0.25) is 5.02 Å². The third-order valence-electron chi connectivity index (χ3n) is 4.52. The number of amides is 1. The molecular weight excluding hydrogens is 364 g/mol. The van der Waals surface area contributed by atoms with Gasteiger partial charge in [-0.3, -0.25) is 4.79 Å². The van der Waals surface area contributed by atoms with Crippen LogP contribution >= 0.6 is 11.6 Å². The monoisotopic (exact) mass is 388 g/mol. The number of carbonyl (C=O) groups excluding carboxylic acids is 1. The van der Waals surface area contributed by atoms with Crippen LogP contribution in [0.1, 0.15) is 31.9 Å². The molecule has 1 aliphatic heterocycles. The summed E-state index contributed by atoms with van der Waals surface area (Å²) in [5, 5.41) is 6.75. The van der Waals surface area contributed by atoms with Gasteiger partial charge in [-0.2, -0.15) is 0 Å². The fourth-order valence-electron chi connectivity index (χ4n) is 3.10. The van der Waals surface area contributed by atoms with Crippen LogP contribution < -0.4 is 20.1 Å². The predicted molar refractivity (Wildman–Crippen MR) is 109 cm³/mol. The SMILES string of the molecule is CCOc1cc2c(cc1N[C@@H](C)C(=O)Nc1cc(Cl)ccc1C)O[C@H](C)C2. The molecule has 2 atom stereocenters. The molecule has 2 aromatic carbocycles. The molecule has 0 bridgehead atoms. The largest absolute Gasteiger partial charge is 0.492 e. The average Bonchev–Trinajstić information content (AvgIpc) is 2.97. The summed E-state index contributed by atoms with van der Waals surface area (Å²) in [4.78, 5) is 12.6. The number of halogens is 1. The number of benzene rings is 2. The van der Waals surface area contributed by atoms with Crippen molar-refractivity contribution in [2.45, 2.75) is 46.3 Å². The van der Waals surface area contributed by atoms with E-state index in [1.807, 2.05) is 45.9 Å². The quantitative estimate of drug-likeness (QED) is 0.745. The molecular formula is C21H25ClN2O3. The third kappa shape index (κ3) is 4.48. The molecule has 0 aliphatic carbocycles. The van der Waals surface area contributed by atoms with Crippen LogP contribution in [-0.2, 0) is 11.2 Å². The van der Waals surface area contributed by atoms with E-state index in [1.54, 1.807) is 12.1 Å². The van der Waals surface area contributed by atoms with Crippen molar-refractivity contribution in [1.29, 1.82) is 0 Å². The topological polar surface area (TPSA) is 59.6 Å². The van der Waals surface area contributed by atoms with E-state index in [-0.39, 0.29) is 12.0 Å². The van der Waals surface area contributed by atoms with E-state index >= 15 is 0 Å². The fraction of sp³-hybridized carbons (Fsp3) is 0.381. The van der Waals surface area contributed by atoms with Gasteiger partial charge in [0.15, 0.2) is 0 Å². The first-order valence-corrected chi connectivity index (χ1v) is 9.55. The first-order chi connectivity index (χ1) is 12.9. The highest BCUT2D eigenvalue weighted by Crippen LogP contribution is 2.38. The molecule has 0 unspecified atom stereocenters. The zero-order valence-corrected chi connectivity index (χ0v) is 16.8. The Morgan fingerprint density at radius 3 is 2.85 bits per heavy atom. The third-order valence-corrected chi connectivity index (χ3v) is 4.76. The summed E-state index contributed by atoms with van der Waals surface area (Å²) in [6.45, 7) is 8.26. The van der Waals surface area contributed by atoms with E-state index in [0.29, 0.717) is 17.3 Å². The maximum absolute atomic E-state index is 12.6. The number of hydrogen-bond donors (Lipinski definition) is 2. The van der Waals surface area contributed by atoms with Gasteiger partial charge in [0, 0.05) is 28.8 Å². The Balaban J connectivity index is 1.76. The summed E-state index contributed by atoms with van der Waals surface area (Å²) in [6.07, 6.45) is 1.01. The predicted octanol–water partition coefficient (Wildman–Crippen LogP) is 4.81. The summed E-state index contributed by atoms with van der Waals surface area (Å²) < 4.78 is 11.6. The van der Waals surface area contributed by atoms with Crippen molar-refractivity contribution in [1.82, 2.24) is 0 Å². The van der Waals surface area contributed by atoms with Crippen LogP contribution in [0.15, 0.2) is 30.3 Å². The van der Waals surface area contributed by atoms with Crippen LogP contribution in [-0.4, -0.2) is 24.7 Å². The number of ether oxygens (including phenoxy) is 2. The second-order valence-corrected chi connectivity index (χ2v) is 7.27. The lowest BCUT2D eigenvalue weighted by Gasteiger charge is -2.19. The van der Waals surface area contributed by atoms with Gasteiger partial charge < -0.3 is 20.1 Å². The molecule has 1 amide bonds. The highest BCUT2D eigenvalue weighted by Gasteiger charge is 2.23. The van der Waals surface area contributed by atoms with Gasteiger partial charge in [0.2, 0.25) is 5.91 Å². The molecule has 0 saturated carbocycles. The lowest BCUT2D eigenvalue weighted by atomic mass is 10.1. The highest BCUT2D eigenvalue weighted by atomic mass is 35.5. The maximum atomic E-state index is 12.6. The van der Waals surface area contributed by atoms with Gasteiger partial charge in [0.05, 0.1) is 12.3 Å². The lowest BCUT2D eigenvalue weighted by Crippen LogP contribution is -2.32. The van der Waals surface area contributed by atoms with Gasteiger partial charge in [-0.15, -0.1) is 0 Å². The molecule has 6 heteroatoms. The normalized spacial score (nSPS) is 16.3. The van der Waals surface area contributed by atoms with Crippen LogP contribution in [0.4, 0.5) is 11.4 Å². The minimum atomic E-state index is -0.473. The van der Waals surface area contributed by atoms with Crippen molar-refractivity contribution < 1.29 is 14.3 Å². The number of hydrogen-bond acceptors (Lipinski definition) is 4. The van der Waals surface area contributed by atoms with Gasteiger partial charge in [0.25, 0.3) is 0 Å². The smallest absolute Gasteiger partial charge is 0.246 e. The van der Waals surface area contributed by atoms with Crippen molar-refractivity contribution in [3.8, 4) is 11.5 Å². The number of anilines is 2. The van der Waals surface area contributed by atoms with Gasteiger partial charge in [-0.05, 0) is 51.5 Å². The molecule has 0 saturated heterocycles. The summed E-state index contributed by atoms with van der Waals surface area (Å²) in [5.74, 6) is 1.41. The Morgan fingerprint density at radius 2 is 2.11 bits per heavy atom. The fourth-order valence-corrected chi connectivity index (χ4v) is 3.27. The molecule has 2 N–H and O–H groups in total. The molecule has 144 valence electrons. The Morgan fingerprint density at radius 1 is 1.33 bits per heavy atom. The van der Waals surface area contributed by atoms with Crippen molar-refractivity contribution in [3.63, 3.8) is 0 Å². The number of rotatable bonds is 6. The second kappa shape index (κ2) is 8.09. The van der Waals surface area contributed by atoms with Crippen LogP contribution in [0.5, 0.6) is 11.5 Å². The van der Waals surface area contributed by atoms with E-state index in [9.17, 15) is 4.79 Å². The van der Waals surface area contributed by atoms with Crippen LogP contribution in [0.3, 0.4) is 0 Å². The van der Waals surface area contributed by atoms with Crippen molar-refractivity contribution in [2.24, 2.45) is 0 Å².